The van der Waals surface area contributed by atoms with Gasteiger partial charge >= 0.3 is 5.82 Å². The first-order valence-corrected chi connectivity index (χ1v) is 13.4. The SMILES string of the molecule is Cc1cc(NC(=O)CC23CC4CC(C2)CC(n2nc([N+](=O)[O-])c(Cl)c2C)(C4)C3)nn1Cc1ccccc1F. The van der Waals surface area contributed by atoms with Gasteiger partial charge < -0.3 is 15.4 Å². The normalized spacial score (nSPS) is 27.6. The second kappa shape index (κ2) is 8.90. The second-order valence-corrected chi connectivity index (χ2v) is 12.1. The molecule has 7 rings (SSSR count). The van der Waals surface area contributed by atoms with Gasteiger partial charge in [0.1, 0.15) is 5.82 Å². The predicted octanol–water partition coefficient (Wildman–Crippen LogP) is 5.77. The Morgan fingerprint density at radius 3 is 2.58 bits per heavy atom. The van der Waals surface area contributed by atoms with Gasteiger partial charge in [-0.25, -0.2) is 4.39 Å². The summed E-state index contributed by atoms with van der Waals surface area (Å²) in [5.74, 6) is 0.670. The molecule has 3 aromatic rings. The number of nitrogens with zero attached hydrogens (tertiary/aromatic N) is 5. The van der Waals surface area contributed by atoms with Gasteiger partial charge in [-0.15, -0.1) is 0 Å². The third kappa shape index (κ3) is 4.19. The number of aromatic nitrogens is 4. The summed E-state index contributed by atoms with van der Waals surface area (Å²) in [6.45, 7) is 3.95. The number of hydrogen-bond acceptors (Lipinski definition) is 5. The largest absolute Gasteiger partial charge is 0.408 e. The minimum absolute atomic E-state index is 0.0962. The molecular weight excluding hydrogens is 511 g/mol. The molecule has 0 spiro atoms. The molecule has 2 unspecified atom stereocenters. The van der Waals surface area contributed by atoms with Crippen molar-refractivity contribution in [2.45, 2.75) is 70.9 Å². The van der Waals surface area contributed by atoms with Crippen LogP contribution in [0.25, 0.3) is 0 Å². The van der Waals surface area contributed by atoms with Crippen LogP contribution in [-0.2, 0) is 16.9 Å². The van der Waals surface area contributed by atoms with Crippen molar-refractivity contribution in [3.8, 4) is 0 Å². The Bertz CT molecular complexity index is 1430. The van der Waals surface area contributed by atoms with E-state index in [4.69, 9.17) is 11.6 Å². The number of hydrogen-bond donors (Lipinski definition) is 1. The summed E-state index contributed by atoms with van der Waals surface area (Å²) in [5.41, 5.74) is 1.42. The molecule has 2 heterocycles. The van der Waals surface area contributed by atoms with Gasteiger partial charge in [-0.2, -0.15) is 9.78 Å². The van der Waals surface area contributed by atoms with Crippen LogP contribution >= 0.6 is 11.6 Å². The molecule has 11 heteroatoms. The molecule has 1 N–H and O–H groups in total. The number of aryl methyl sites for hydroxylation is 1. The van der Waals surface area contributed by atoms with E-state index in [2.05, 4.69) is 15.5 Å². The fourth-order valence-electron chi connectivity index (χ4n) is 7.95. The van der Waals surface area contributed by atoms with Crippen molar-refractivity contribution in [3.05, 3.63) is 68.2 Å². The van der Waals surface area contributed by atoms with Crippen molar-refractivity contribution in [2.75, 3.05) is 5.32 Å². The summed E-state index contributed by atoms with van der Waals surface area (Å²) in [7, 11) is 0. The number of carbonyl (C=O) groups is 1. The average molecular weight is 541 g/mol. The van der Waals surface area contributed by atoms with Crippen molar-refractivity contribution in [3.63, 3.8) is 0 Å². The predicted molar refractivity (Wildman–Crippen MR) is 139 cm³/mol. The molecular formula is C27H30ClFN6O3. The Hall–Kier alpha value is -3.27. The molecule has 38 heavy (non-hydrogen) atoms. The van der Waals surface area contributed by atoms with E-state index in [0.717, 1.165) is 44.2 Å². The highest BCUT2D eigenvalue weighted by Gasteiger charge is 2.60. The van der Waals surface area contributed by atoms with E-state index >= 15 is 0 Å². The van der Waals surface area contributed by atoms with Crippen molar-refractivity contribution >= 4 is 29.1 Å². The van der Waals surface area contributed by atoms with Gasteiger partial charge in [0.25, 0.3) is 0 Å². The highest BCUT2D eigenvalue weighted by Crippen LogP contribution is 2.65. The molecule has 4 saturated carbocycles. The van der Waals surface area contributed by atoms with E-state index in [0.29, 0.717) is 35.3 Å². The lowest BCUT2D eigenvalue weighted by Crippen LogP contribution is -2.57. The number of nitro groups is 1. The molecule has 4 aliphatic carbocycles. The van der Waals surface area contributed by atoms with Crippen LogP contribution < -0.4 is 5.32 Å². The molecule has 0 aliphatic heterocycles. The van der Waals surface area contributed by atoms with E-state index in [9.17, 15) is 19.3 Å². The fraction of sp³-hybridized carbons (Fsp3) is 0.519. The summed E-state index contributed by atoms with van der Waals surface area (Å²) in [6.07, 6.45) is 5.98. The standard InChI is InChI=1S/C27H30ClFN6O3/c1-16-7-22(31-33(16)14-20-5-3-4-6-21(20)29)30-23(36)13-26-9-18-8-19(10-26)12-27(11-18,15-26)34-17(2)24(28)25(32-34)35(37)38/h3-7,18-19H,8-15H2,1-2H3,(H,30,31,36). The fourth-order valence-corrected chi connectivity index (χ4v) is 8.14. The lowest BCUT2D eigenvalue weighted by atomic mass is 9.46. The maximum absolute atomic E-state index is 14.1. The Morgan fingerprint density at radius 2 is 1.92 bits per heavy atom. The number of halogens is 2. The maximum Gasteiger partial charge on any atom is 0.408 e. The minimum atomic E-state index is -0.525. The molecule has 0 radical (unpaired) electrons. The first-order valence-electron chi connectivity index (χ1n) is 13.0. The Labute approximate surface area is 224 Å². The van der Waals surface area contributed by atoms with Crippen molar-refractivity contribution in [2.24, 2.45) is 17.3 Å². The second-order valence-electron chi connectivity index (χ2n) is 11.7. The zero-order valence-electron chi connectivity index (χ0n) is 21.4. The smallest absolute Gasteiger partial charge is 0.358 e. The van der Waals surface area contributed by atoms with Crippen LogP contribution in [0.15, 0.2) is 30.3 Å². The van der Waals surface area contributed by atoms with Gasteiger partial charge in [0.2, 0.25) is 5.91 Å². The van der Waals surface area contributed by atoms with Crippen LogP contribution in [0, 0.1) is 47.0 Å². The van der Waals surface area contributed by atoms with Gasteiger partial charge in [-0.05, 0) is 80.6 Å². The number of anilines is 1. The number of amides is 1. The summed E-state index contributed by atoms with van der Waals surface area (Å²) in [5, 5.41) is 23.5. The van der Waals surface area contributed by atoms with Gasteiger partial charge in [0.05, 0.1) is 22.9 Å². The van der Waals surface area contributed by atoms with Crippen molar-refractivity contribution in [1.82, 2.24) is 19.6 Å². The van der Waals surface area contributed by atoms with E-state index in [1.165, 1.54) is 6.07 Å². The molecule has 200 valence electrons. The topological polar surface area (TPSA) is 108 Å². The van der Waals surface area contributed by atoms with E-state index in [1.54, 1.807) is 35.9 Å². The lowest BCUT2D eigenvalue weighted by Gasteiger charge is -2.61. The number of carbonyl (C=O) groups excluding carboxylic acids is 1. The summed E-state index contributed by atoms with van der Waals surface area (Å²) < 4.78 is 17.6. The highest BCUT2D eigenvalue weighted by molar-refractivity contribution is 6.33. The first-order chi connectivity index (χ1) is 18.1. The molecule has 1 amide bonds. The zero-order chi connectivity index (χ0) is 26.8. The minimum Gasteiger partial charge on any atom is -0.358 e. The van der Waals surface area contributed by atoms with Gasteiger partial charge in [-0.3, -0.25) is 9.48 Å². The van der Waals surface area contributed by atoms with Gasteiger partial charge in [-0.1, -0.05) is 29.8 Å². The van der Waals surface area contributed by atoms with Crippen LogP contribution in [0.2, 0.25) is 5.02 Å². The lowest BCUT2D eigenvalue weighted by molar-refractivity contribution is -0.389. The highest BCUT2D eigenvalue weighted by atomic mass is 35.5. The molecule has 4 fully saturated rings. The number of nitrogens with one attached hydrogen (secondary N) is 1. The summed E-state index contributed by atoms with van der Waals surface area (Å²) in [6, 6.07) is 8.38. The molecule has 0 saturated heterocycles. The van der Waals surface area contributed by atoms with Crippen LogP contribution in [0.4, 0.5) is 16.0 Å². The maximum atomic E-state index is 14.1. The zero-order valence-corrected chi connectivity index (χ0v) is 22.2. The molecule has 4 bridgehead atoms. The van der Waals surface area contributed by atoms with Crippen LogP contribution in [0.5, 0.6) is 0 Å². The molecule has 4 aliphatic rings. The van der Waals surface area contributed by atoms with E-state index in [-0.39, 0.29) is 40.1 Å². The average Bonchev–Trinajstić information content (AvgIpc) is 3.32. The first kappa shape index (κ1) is 25.0. The Morgan fingerprint density at radius 1 is 1.21 bits per heavy atom. The van der Waals surface area contributed by atoms with Crippen LogP contribution in [0.3, 0.4) is 0 Å². The van der Waals surface area contributed by atoms with Crippen molar-refractivity contribution in [1.29, 1.82) is 0 Å². The number of benzene rings is 1. The monoisotopic (exact) mass is 540 g/mol. The van der Waals surface area contributed by atoms with Crippen LogP contribution in [-0.4, -0.2) is 30.4 Å². The third-order valence-corrected chi connectivity index (χ3v) is 9.30. The Balaban J connectivity index is 1.21. The van der Waals surface area contributed by atoms with Gasteiger partial charge in [0, 0.05) is 23.7 Å². The number of rotatable bonds is 7. The molecule has 1 aromatic carbocycles. The Kier molecular flexibility index (Phi) is 5.86. The third-order valence-electron chi connectivity index (χ3n) is 8.86. The van der Waals surface area contributed by atoms with E-state index in [1.807, 2.05) is 11.6 Å². The quantitative estimate of drug-likeness (QED) is 0.302. The van der Waals surface area contributed by atoms with Crippen molar-refractivity contribution < 1.29 is 14.1 Å². The molecule has 2 aromatic heterocycles. The molecule has 2 atom stereocenters. The summed E-state index contributed by atoms with van der Waals surface area (Å²) in [4.78, 5) is 24.3. The molecule has 9 nitrogen and oxygen atoms in total. The van der Waals surface area contributed by atoms with Crippen LogP contribution in [0.1, 0.15) is 61.9 Å². The van der Waals surface area contributed by atoms with E-state index < -0.39 is 4.92 Å². The van der Waals surface area contributed by atoms with Gasteiger partial charge in [0.15, 0.2) is 10.8 Å². The summed E-state index contributed by atoms with van der Waals surface area (Å²) >= 11 is 6.31.